The molecule has 1 saturated heterocycles. The Labute approximate surface area is 107 Å². The number of hydrogen-bond acceptors (Lipinski definition) is 4. The Hall–Kier alpha value is -1.36. The molecule has 1 aliphatic heterocycles. The Morgan fingerprint density at radius 3 is 2.89 bits per heavy atom. The molecule has 0 radical (unpaired) electrons. The van der Waals surface area contributed by atoms with Gasteiger partial charge in [0.2, 0.25) is 0 Å². The van der Waals surface area contributed by atoms with Crippen molar-refractivity contribution in [3.8, 4) is 0 Å². The van der Waals surface area contributed by atoms with Gasteiger partial charge >= 0.3 is 5.97 Å². The normalized spacial score (nSPS) is 20.7. The first-order chi connectivity index (χ1) is 8.47. The highest BCUT2D eigenvalue weighted by Gasteiger charge is 2.26. The largest absolute Gasteiger partial charge is 0.456 e. The third kappa shape index (κ3) is 3.10. The van der Waals surface area contributed by atoms with Crippen molar-refractivity contribution in [2.24, 2.45) is 0 Å². The minimum Gasteiger partial charge on any atom is -0.456 e. The molecule has 1 unspecified atom stereocenters. The minimum atomic E-state index is -0.476. The molecule has 0 saturated carbocycles. The van der Waals surface area contributed by atoms with Crippen LogP contribution in [0.4, 0.5) is 0 Å². The number of piperidine rings is 1. The number of rotatable bonds is 2. The lowest BCUT2D eigenvalue weighted by atomic mass is 9.94. The zero-order valence-corrected chi connectivity index (χ0v) is 11.2. The van der Waals surface area contributed by atoms with Gasteiger partial charge in [-0.2, -0.15) is 5.10 Å². The number of aromatic nitrogens is 2. The van der Waals surface area contributed by atoms with Crippen LogP contribution in [0.5, 0.6) is 0 Å². The topological polar surface area (TPSA) is 67.0 Å². The van der Waals surface area contributed by atoms with Crippen molar-refractivity contribution in [1.29, 1.82) is 0 Å². The smallest absolute Gasteiger partial charge is 0.342 e. The Kier molecular flexibility index (Phi) is 3.71. The summed E-state index contributed by atoms with van der Waals surface area (Å²) in [5, 5.41) is 10.3. The second-order valence-electron chi connectivity index (χ2n) is 5.74. The van der Waals surface area contributed by atoms with Gasteiger partial charge in [-0.15, -0.1) is 0 Å². The van der Waals surface area contributed by atoms with Gasteiger partial charge in [-0.3, -0.25) is 5.10 Å². The molecule has 1 atom stereocenters. The molecule has 2 rings (SSSR count). The number of H-pyrrole nitrogens is 1. The summed E-state index contributed by atoms with van der Waals surface area (Å²) in [6, 6.07) is 0. The van der Waals surface area contributed by atoms with Crippen molar-refractivity contribution in [2.45, 2.75) is 45.1 Å². The van der Waals surface area contributed by atoms with Crippen molar-refractivity contribution in [2.75, 3.05) is 13.1 Å². The molecule has 1 fully saturated rings. The second-order valence-corrected chi connectivity index (χ2v) is 5.74. The molecule has 5 nitrogen and oxygen atoms in total. The second kappa shape index (κ2) is 5.10. The van der Waals surface area contributed by atoms with Crippen molar-refractivity contribution < 1.29 is 9.53 Å². The Bertz CT molecular complexity index is 414. The van der Waals surface area contributed by atoms with Crippen LogP contribution < -0.4 is 5.32 Å². The van der Waals surface area contributed by atoms with Crippen LogP contribution in [0.25, 0.3) is 0 Å². The van der Waals surface area contributed by atoms with Gasteiger partial charge in [0.1, 0.15) is 11.2 Å². The molecule has 0 amide bonds. The highest BCUT2D eigenvalue weighted by atomic mass is 16.6. The lowest BCUT2D eigenvalue weighted by Gasteiger charge is -2.23. The fourth-order valence-electron chi connectivity index (χ4n) is 2.20. The Balaban J connectivity index is 2.14. The van der Waals surface area contributed by atoms with Crippen molar-refractivity contribution in [1.82, 2.24) is 15.5 Å². The summed E-state index contributed by atoms with van der Waals surface area (Å²) in [7, 11) is 0. The number of carbonyl (C=O) groups excluding carboxylic acids is 1. The standard InChI is InChI=1S/C13H21N3O2/c1-13(2,3)18-12(17)10-8-15-16-11(10)9-5-4-6-14-7-9/h8-9,14H,4-7H2,1-3H3,(H,15,16). The molecular formula is C13H21N3O2. The quantitative estimate of drug-likeness (QED) is 0.787. The summed E-state index contributed by atoms with van der Waals surface area (Å²) in [4.78, 5) is 12.1. The van der Waals surface area contributed by atoms with Crippen LogP contribution in [0.3, 0.4) is 0 Å². The number of nitrogens with zero attached hydrogens (tertiary/aromatic N) is 1. The molecule has 1 aromatic rings. The summed E-state index contributed by atoms with van der Waals surface area (Å²) in [5.74, 6) is 0.0283. The zero-order valence-electron chi connectivity index (χ0n) is 11.2. The molecule has 18 heavy (non-hydrogen) atoms. The van der Waals surface area contributed by atoms with E-state index >= 15 is 0 Å². The van der Waals surface area contributed by atoms with Crippen molar-refractivity contribution >= 4 is 5.97 Å². The van der Waals surface area contributed by atoms with Gasteiger partial charge in [-0.05, 0) is 40.2 Å². The predicted molar refractivity (Wildman–Crippen MR) is 68.6 cm³/mol. The van der Waals surface area contributed by atoms with E-state index in [1.807, 2.05) is 20.8 Å². The van der Waals surface area contributed by atoms with E-state index < -0.39 is 5.60 Å². The van der Waals surface area contributed by atoms with Gasteiger partial charge in [0.05, 0.1) is 11.9 Å². The molecule has 1 aliphatic rings. The maximum Gasteiger partial charge on any atom is 0.342 e. The first-order valence-corrected chi connectivity index (χ1v) is 6.45. The Morgan fingerprint density at radius 1 is 1.50 bits per heavy atom. The van der Waals surface area contributed by atoms with E-state index in [0.29, 0.717) is 11.5 Å². The third-order valence-corrected chi connectivity index (χ3v) is 2.99. The lowest BCUT2D eigenvalue weighted by Crippen LogP contribution is -2.30. The first-order valence-electron chi connectivity index (χ1n) is 6.45. The van der Waals surface area contributed by atoms with Crippen LogP contribution in [0.15, 0.2) is 6.20 Å². The maximum absolute atomic E-state index is 12.1. The van der Waals surface area contributed by atoms with Gasteiger partial charge in [0.15, 0.2) is 0 Å². The average Bonchev–Trinajstić information content (AvgIpc) is 2.76. The molecule has 5 heteroatoms. The number of hydrogen-bond donors (Lipinski definition) is 2. The summed E-state index contributed by atoms with van der Waals surface area (Å²) in [5.41, 5.74) is 0.992. The SMILES string of the molecule is CC(C)(C)OC(=O)c1cn[nH]c1C1CCCNC1. The molecule has 100 valence electrons. The third-order valence-electron chi connectivity index (χ3n) is 2.99. The molecule has 2 heterocycles. The van der Waals surface area contributed by atoms with Crippen molar-refractivity contribution in [3.05, 3.63) is 17.5 Å². The number of ether oxygens (including phenoxy) is 1. The van der Waals surface area contributed by atoms with E-state index in [0.717, 1.165) is 31.6 Å². The summed E-state index contributed by atoms with van der Waals surface area (Å²) >= 11 is 0. The Morgan fingerprint density at radius 2 is 2.28 bits per heavy atom. The monoisotopic (exact) mass is 251 g/mol. The van der Waals surface area contributed by atoms with E-state index in [9.17, 15) is 4.79 Å². The molecule has 0 bridgehead atoms. The molecule has 2 N–H and O–H groups in total. The summed E-state index contributed by atoms with van der Waals surface area (Å²) in [6.45, 7) is 7.54. The summed E-state index contributed by atoms with van der Waals surface area (Å²) < 4.78 is 5.39. The fraction of sp³-hybridized carbons (Fsp3) is 0.692. The fourth-order valence-corrected chi connectivity index (χ4v) is 2.20. The van der Waals surface area contributed by atoms with E-state index in [2.05, 4.69) is 15.5 Å². The molecule has 1 aromatic heterocycles. The van der Waals surface area contributed by atoms with Gasteiger partial charge < -0.3 is 10.1 Å². The van der Waals surface area contributed by atoms with Gasteiger partial charge in [0.25, 0.3) is 0 Å². The van der Waals surface area contributed by atoms with E-state index in [1.54, 1.807) is 6.20 Å². The van der Waals surface area contributed by atoms with E-state index in [1.165, 1.54) is 0 Å². The van der Waals surface area contributed by atoms with Crippen molar-refractivity contribution in [3.63, 3.8) is 0 Å². The highest BCUT2D eigenvalue weighted by Crippen LogP contribution is 2.25. The summed E-state index contributed by atoms with van der Waals surface area (Å²) in [6.07, 6.45) is 3.76. The first kappa shape index (κ1) is 13.1. The number of aromatic amines is 1. The van der Waals surface area contributed by atoms with E-state index in [-0.39, 0.29) is 5.97 Å². The van der Waals surface area contributed by atoms with Crippen LogP contribution in [0.1, 0.15) is 55.6 Å². The maximum atomic E-state index is 12.1. The lowest BCUT2D eigenvalue weighted by molar-refractivity contribution is 0.00677. The number of esters is 1. The average molecular weight is 251 g/mol. The predicted octanol–water partition coefficient (Wildman–Crippen LogP) is 1.83. The minimum absolute atomic E-state index is 0.295. The van der Waals surface area contributed by atoms with E-state index in [4.69, 9.17) is 4.74 Å². The van der Waals surface area contributed by atoms with Gasteiger partial charge in [-0.25, -0.2) is 4.79 Å². The zero-order chi connectivity index (χ0) is 13.2. The molecule has 0 aromatic carbocycles. The number of carbonyl (C=O) groups is 1. The number of nitrogens with one attached hydrogen (secondary N) is 2. The van der Waals surface area contributed by atoms with Gasteiger partial charge in [-0.1, -0.05) is 0 Å². The van der Waals surface area contributed by atoms with Crippen LogP contribution in [-0.2, 0) is 4.74 Å². The van der Waals surface area contributed by atoms with Crippen LogP contribution in [0.2, 0.25) is 0 Å². The van der Waals surface area contributed by atoms with Crippen LogP contribution >= 0.6 is 0 Å². The van der Waals surface area contributed by atoms with Crippen LogP contribution in [0, 0.1) is 0 Å². The highest BCUT2D eigenvalue weighted by molar-refractivity contribution is 5.90. The molecular weight excluding hydrogens is 230 g/mol. The van der Waals surface area contributed by atoms with Gasteiger partial charge in [0, 0.05) is 12.5 Å². The van der Waals surface area contributed by atoms with Crippen LogP contribution in [-0.4, -0.2) is 34.9 Å². The molecule has 0 spiro atoms. The molecule has 0 aliphatic carbocycles.